The van der Waals surface area contributed by atoms with E-state index in [1.807, 2.05) is 45.3 Å². The highest BCUT2D eigenvalue weighted by Crippen LogP contribution is 2.15. The summed E-state index contributed by atoms with van der Waals surface area (Å²) >= 11 is 0. The highest BCUT2D eigenvalue weighted by atomic mass is 16.1. The Hall–Kier alpha value is -1.68. The van der Waals surface area contributed by atoms with Gasteiger partial charge in [0.2, 0.25) is 0 Å². The number of hydrogen-bond acceptors (Lipinski definition) is 3. The lowest BCUT2D eigenvalue weighted by atomic mass is 10.1. The van der Waals surface area contributed by atoms with Gasteiger partial charge in [0.05, 0.1) is 11.2 Å². The molecule has 1 aromatic heterocycles. The van der Waals surface area contributed by atoms with Gasteiger partial charge in [0.15, 0.2) is 0 Å². The van der Waals surface area contributed by atoms with E-state index in [0.29, 0.717) is 6.54 Å². The van der Waals surface area contributed by atoms with Crippen molar-refractivity contribution >= 4 is 10.9 Å². The molecule has 0 saturated carbocycles. The maximum Gasteiger partial charge on any atom is 0.348 e. The van der Waals surface area contributed by atoms with Crippen LogP contribution in [0.4, 0.5) is 0 Å². The summed E-state index contributed by atoms with van der Waals surface area (Å²) in [6.45, 7) is 3.72. The van der Waals surface area contributed by atoms with Crippen LogP contribution in [0.15, 0.2) is 29.1 Å². The van der Waals surface area contributed by atoms with Crippen LogP contribution in [-0.4, -0.2) is 35.1 Å². The SMILES string of the molecule is CCc1nc(=O)n(CCCN(C)C)c2ccccc12. The van der Waals surface area contributed by atoms with E-state index in [-0.39, 0.29) is 5.69 Å². The fraction of sp³-hybridized carbons (Fsp3) is 0.467. The normalized spacial score (nSPS) is 11.4. The molecule has 4 nitrogen and oxygen atoms in total. The average molecular weight is 259 g/mol. The number of aromatic nitrogens is 2. The number of fused-ring (bicyclic) bond motifs is 1. The third kappa shape index (κ3) is 3.01. The Kier molecular flexibility index (Phi) is 4.32. The Morgan fingerprint density at radius 2 is 2.00 bits per heavy atom. The molecule has 2 rings (SSSR count). The van der Waals surface area contributed by atoms with Crippen LogP contribution in [0.3, 0.4) is 0 Å². The molecule has 0 fully saturated rings. The molecule has 0 radical (unpaired) electrons. The van der Waals surface area contributed by atoms with Crippen LogP contribution in [-0.2, 0) is 13.0 Å². The lowest BCUT2D eigenvalue weighted by Crippen LogP contribution is -2.26. The first-order chi connectivity index (χ1) is 9.13. The second kappa shape index (κ2) is 5.97. The molecule has 0 amide bonds. The Morgan fingerprint density at radius 3 is 2.68 bits per heavy atom. The van der Waals surface area contributed by atoms with Gasteiger partial charge in [-0.15, -0.1) is 0 Å². The molecule has 0 saturated heterocycles. The minimum absolute atomic E-state index is 0.130. The summed E-state index contributed by atoms with van der Waals surface area (Å²) in [5, 5.41) is 1.09. The zero-order chi connectivity index (χ0) is 13.8. The van der Waals surface area contributed by atoms with Crippen LogP contribution in [0.5, 0.6) is 0 Å². The van der Waals surface area contributed by atoms with Crippen molar-refractivity contribution < 1.29 is 0 Å². The monoisotopic (exact) mass is 259 g/mol. The first-order valence-electron chi connectivity index (χ1n) is 6.76. The number of hydrogen-bond donors (Lipinski definition) is 0. The van der Waals surface area contributed by atoms with Crippen LogP contribution < -0.4 is 5.69 Å². The molecule has 0 atom stereocenters. The number of nitrogens with zero attached hydrogens (tertiary/aromatic N) is 3. The number of rotatable bonds is 5. The van der Waals surface area contributed by atoms with E-state index in [2.05, 4.69) is 9.88 Å². The third-order valence-corrected chi connectivity index (χ3v) is 3.29. The summed E-state index contributed by atoms with van der Waals surface area (Å²) in [7, 11) is 4.08. The summed E-state index contributed by atoms with van der Waals surface area (Å²) in [6.07, 6.45) is 1.73. The maximum atomic E-state index is 12.1. The first kappa shape index (κ1) is 13.7. The average Bonchev–Trinajstić information content (AvgIpc) is 2.40. The molecule has 0 spiro atoms. The van der Waals surface area contributed by atoms with Gasteiger partial charge in [0, 0.05) is 11.9 Å². The van der Waals surface area contributed by atoms with Crippen molar-refractivity contribution in [2.45, 2.75) is 26.3 Å². The van der Waals surface area contributed by atoms with E-state index < -0.39 is 0 Å². The fourth-order valence-electron chi connectivity index (χ4n) is 2.32. The van der Waals surface area contributed by atoms with Crippen LogP contribution in [0.2, 0.25) is 0 Å². The van der Waals surface area contributed by atoms with Gasteiger partial charge in [-0.1, -0.05) is 25.1 Å². The topological polar surface area (TPSA) is 38.1 Å². The number of para-hydroxylation sites is 1. The lowest BCUT2D eigenvalue weighted by molar-refractivity contribution is 0.386. The summed E-state index contributed by atoms with van der Waals surface area (Å²) in [5.74, 6) is 0. The van der Waals surface area contributed by atoms with Gasteiger partial charge in [-0.25, -0.2) is 4.79 Å². The van der Waals surface area contributed by atoms with Crippen molar-refractivity contribution in [2.24, 2.45) is 0 Å². The van der Waals surface area contributed by atoms with E-state index in [1.54, 1.807) is 4.57 Å². The molecule has 0 aliphatic rings. The van der Waals surface area contributed by atoms with Crippen molar-refractivity contribution in [3.8, 4) is 0 Å². The van der Waals surface area contributed by atoms with E-state index in [9.17, 15) is 4.79 Å². The van der Waals surface area contributed by atoms with Gasteiger partial charge in [-0.05, 0) is 39.5 Å². The van der Waals surface area contributed by atoms with Crippen LogP contribution in [0.1, 0.15) is 19.0 Å². The summed E-state index contributed by atoms with van der Waals surface area (Å²) < 4.78 is 1.79. The summed E-state index contributed by atoms with van der Waals surface area (Å²) in [4.78, 5) is 18.5. The lowest BCUT2D eigenvalue weighted by Gasteiger charge is -2.13. The van der Waals surface area contributed by atoms with Crippen LogP contribution in [0.25, 0.3) is 10.9 Å². The van der Waals surface area contributed by atoms with Gasteiger partial charge in [-0.2, -0.15) is 4.98 Å². The third-order valence-electron chi connectivity index (χ3n) is 3.29. The Bertz CT molecular complexity index is 616. The van der Waals surface area contributed by atoms with Crippen molar-refractivity contribution in [1.82, 2.24) is 14.5 Å². The maximum absolute atomic E-state index is 12.1. The van der Waals surface area contributed by atoms with E-state index in [1.165, 1.54) is 0 Å². The molecule has 0 N–H and O–H groups in total. The molecule has 1 aromatic carbocycles. The van der Waals surface area contributed by atoms with Gasteiger partial charge in [0.1, 0.15) is 0 Å². The molecule has 0 aliphatic carbocycles. The number of aryl methyl sites for hydroxylation is 2. The van der Waals surface area contributed by atoms with Gasteiger partial charge in [0.25, 0.3) is 0 Å². The van der Waals surface area contributed by atoms with Gasteiger partial charge in [-0.3, -0.25) is 4.57 Å². The largest absolute Gasteiger partial charge is 0.348 e. The molecule has 0 bridgehead atoms. The van der Waals surface area contributed by atoms with Crippen LogP contribution >= 0.6 is 0 Å². The smallest absolute Gasteiger partial charge is 0.309 e. The summed E-state index contributed by atoms with van der Waals surface area (Å²) in [5.41, 5.74) is 1.76. The highest BCUT2D eigenvalue weighted by Gasteiger charge is 2.08. The predicted octanol–water partition coefficient (Wildman–Crippen LogP) is 1.91. The molecule has 4 heteroatoms. The molecule has 2 aromatic rings. The van der Waals surface area contributed by atoms with E-state index >= 15 is 0 Å². The minimum Gasteiger partial charge on any atom is -0.309 e. The second-order valence-electron chi connectivity index (χ2n) is 5.02. The second-order valence-corrected chi connectivity index (χ2v) is 5.02. The van der Waals surface area contributed by atoms with Gasteiger partial charge >= 0.3 is 5.69 Å². The summed E-state index contributed by atoms with van der Waals surface area (Å²) in [6, 6.07) is 8.03. The van der Waals surface area contributed by atoms with Crippen LogP contribution in [0, 0.1) is 0 Å². The van der Waals surface area contributed by atoms with Crippen molar-refractivity contribution in [1.29, 1.82) is 0 Å². The molecule has 1 heterocycles. The predicted molar refractivity (Wildman–Crippen MR) is 78.6 cm³/mol. The highest BCUT2D eigenvalue weighted by molar-refractivity contribution is 5.81. The van der Waals surface area contributed by atoms with Gasteiger partial charge < -0.3 is 4.90 Å². The molecule has 0 aliphatic heterocycles. The zero-order valence-corrected chi connectivity index (χ0v) is 11.9. The minimum atomic E-state index is -0.130. The molecular formula is C15H21N3O. The molecule has 0 unspecified atom stereocenters. The fourth-order valence-corrected chi connectivity index (χ4v) is 2.32. The zero-order valence-electron chi connectivity index (χ0n) is 11.9. The molecule has 19 heavy (non-hydrogen) atoms. The first-order valence-corrected chi connectivity index (χ1v) is 6.76. The molecular weight excluding hydrogens is 238 g/mol. The van der Waals surface area contributed by atoms with Crippen molar-refractivity contribution in [3.63, 3.8) is 0 Å². The quantitative estimate of drug-likeness (QED) is 0.823. The Morgan fingerprint density at radius 1 is 1.26 bits per heavy atom. The van der Waals surface area contributed by atoms with Crippen molar-refractivity contribution in [2.75, 3.05) is 20.6 Å². The van der Waals surface area contributed by atoms with Crippen molar-refractivity contribution in [3.05, 3.63) is 40.4 Å². The molecule has 102 valence electrons. The van der Waals surface area contributed by atoms with E-state index in [0.717, 1.165) is 36.0 Å². The van der Waals surface area contributed by atoms with E-state index in [4.69, 9.17) is 0 Å². The Labute approximate surface area is 113 Å². The number of benzene rings is 1. The Balaban J connectivity index is 2.43. The standard InChI is InChI=1S/C15H21N3O/c1-4-13-12-8-5-6-9-14(12)18(15(19)16-13)11-7-10-17(2)3/h5-6,8-9H,4,7,10-11H2,1-3H3.